The van der Waals surface area contributed by atoms with Gasteiger partial charge in [0, 0.05) is 45.0 Å². The molecule has 1 spiro atoms. The maximum Gasteiger partial charge on any atom is 0.252 e. The number of nitrogens with zero attached hydrogens (tertiary/aromatic N) is 2. The third-order valence-electron chi connectivity index (χ3n) is 20.0. The molecule has 0 unspecified atom stereocenters. The monoisotopic (exact) mass is 1150 g/mol. The fourth-order valence-corrected chi connectivity index (χ4v) is 15.9. The molecular formula is C87H67BN2. The standard InChI is InChI=1S/C87H67BN2/c1-85(2,3)61-49-51-77-76(54-61)88-75-50-48-62(86(4,5)6)55-78(75)90(84-66(58-32-15-9-16-33-58)42-27-43-67(84)59-34-17-10-18-35-59)80-53-60(52-79(82(80)88)89(77)83-64(56-28-11-7-12-29-56)40-26-41-65(83)57-30-13-8-14-31-57)63-39-25-44-71-70-38-21-24-47-74(70)87(81(63)71)72-45-22-19-36-68(72)69-37-20-23-46-73(69)87/h7-55H,1-6H3. The fraction of sp³-hybridized carbons (Fsp3) is 0.103. The molecular weight excluding hydrogens is 1080 g/mol. The molecule has 13 aromatic carbocycles. The van der Waals surface area contributed by atoms with Gasteiger partial charge in [-0.15, -0.1) is 0 Å². The molecule has 0 radical (unpaired) electrons. The number of hydrogen-bond donors (Lipinski definition) is 0. The molecule has 0 amide bonds. The van der Waals surface area contributed by atoms with Crippen molar-refractivity contribution in [3.8, 4) is 77.9 Å². The van der Waals surface area contributed by atoms with Gasteiger partial charge in [0.2, 0.25) is 0 Å². The first-order valence-electron chi connectivity index (χ1n) is 31.9. The molecule has 0 bridgehead atoms. The van der Waals surface area contributed by atoms with Gasteiger partial charge in [0.15, 0.2) is 0 Å². The Balaban J connectivity index is 1.08. The van der Waals surface area contributed by atoms with Crippen LogP contribution in [0.25, 0.3) is 77.9 Å². The molecule has 0 saturated carbocycles. The number of anilines is 6. The predicted molar refractivity (Wildman–Crippen MR) is 381 cm³/mol. The average molecular weight is 1150 g/mol. The van der Waals surface area contributed by atoms with Gasteiger partial charge < -0.3 is 9.80 Å². The second-order valence-electron chi connectivity index (χ2n) is 27.1. The van der Waals surface area contributed by atoms with Crippen LogP contribution in [0, 0.1) is 0 Å². The minimum absolute atomic E-state index is 0.137. The molecule has 17 rings (SSSR count). The van der Waals surface area contributed by atoms with Crippen LogP contribution in [0.4, 0.5) is 34.1 Å². The minimum atomic E-state index is -0.601. The molecule has 0 fully saturated rings. The molecule has 0 N–H and O–H groups in total. The first-order chi connectivity index (χ1) is 44.0. The molecule has 90 heavy (non-hydrogen) atoms. The van der Waals surface area contributed by atoms with Crippen LogP contribution in [-0.4, -0.2) is 6.71 Å². The Labute approximate surface area is 530 Å². The number of benzene rings is 13. The van der Waals surface area contributed by atoms with Crippen LogP contribution in [0.2, 0.25) is 0 Å². The van der Waals surface area contributed by atoms with Crippen LogP contribution in [-0.2, 0) is 16.2 Å². The molecule has 0 atom stereocenters. The molecule has 0 aromatic heterocycles. The maximum atomic E-state index is 2.72. The summed E-state index contributed by atoms with van der Waals surface area (Å²) in [7, 11) is 0. The van der Waals surface area contributed by atoms with Crippen molar-refractivity contribution in [2.24, 2.45) is 0 Å². The molecule has 3 heteroatoms. The van der Waals surface area contributed by atoms with Crippen molar-refractivity contribution in [3.63, 3.8) is 0 Å². The van der Waals surface area contributed by atoms with Crippen LogP contribution in [0.1, 0.15) is 74.9 Å². The average Bonchev–Trinajstić information content (AvgIpc) is 1.27. The van der Waals surface area contributed by atoms with Gasteiger partial charge in [0.05, 0.1) is 16.8 Å². The first kappa shape index (κ1) is 53.7. The van der Waals surface area contributed by atoms with Crippen LogP contribution >= 0.6 is 0 Å². The molecule has 2 heterocycles. The summed E-state index contributed by atoms with van der Waals surface area (Å²) in [6.45, 7) is 14.0. The number of hydrogen-bond acceptors (Lipinski definition) is 2. The first-order valence-corrected chi connectivity index (χ1v) is 31.9. The number of rotatable bonds is 7. The lowest BCUT2D eigenvalue weighted by atomic mass is 9.33. The lowest BCUT2D eigenvalue weighted by Crippen LogP contribution is -2.61. The van der Waals surface area contributed by atoms with Crippen LogP contribution < -0.4 is 26.2 Å². The van der Waals surface area contributed by atoms with E-state index < -0.39 is 5.41 Å². The Hall–Kier alpha value is -10.5. The molecule has 2 aliphatic heterocycles. The van der Waals surface area contributed by atoms with E-state index in [9.17, 15) is 0 Å². The van der Waals surface area contributed by atoms with Crippen molar-refractivity contribution in [2.45, 2.75) is 57.8 Å². The topological polar surface area (TPSA) is 6.48 Å². The highest BCUT2D eigenvalue weighted by Crippen LogP contribution is 2.65. The second kappa shape index (κ2) is 20.3. The Morgan fingerprint density at radius 1 is 0.267 bits per heavy atom. The zero-order valence-electron chi connectivity index (χ0n) is 51.8. The lowest BCUT2D eigenvalue weighted by Gasteiger charge is -2.46. The summed E-state index contributed by atoms with van der Waals surface area (Å²) in [5, 5.41) is 0. The number of para-hydroxylation sites is 2. The summed E-state index contributed by atoms with van der Waals surface area (Å²) in [6.07, 6.45) is 0. The van der Waals surface area contributed by atoms with E-state index in [2.05, 4.69) is 349 Å². The molecule has 2 aliphatic carbocycles. The summed E-state index contributed by atoms with van der Waals surface area (Å²) in [5.41, 5.74) is 34.7. The smallest absolute Gasteiger partial charge is 0.252 e. The van der Waals surface area contributed by atoms with E-state index in [1.807, 2.05) is 0 Å². The fourth-order valence-electron chi connectivity index (χ4n) is 15.9. The SMILES string of the molecule is CC(C)(C)c1ccc2c(c1)B1c3ccc(C(C)(C)C)cc3N(c3c(-c4ccccc4)cccc3-c3ccccc3)c3cc(-c4cccc5c4C4(c6ccccc6-c6ccccc64)c4ccccc4-5)cc(c31)N2c1c(-c2ccccc2)cccc1-c1ccccc1. The Morgan fingerprint density at radius 3 is 1.07 bits per heavy atom. The summed E-state index contributed by atoms with van der Waals surface area (Å²) in [6, 6.07) is 113. The van der Waals surface area contributed by atoms with E-state index in [-0.39, 0.29) is 17.5 Å². The van der Waals surface area contributed by atoms with Crippen molar-refractivity contribution in [2.75, 3.05) is 9.80 Å². The van der Waals surface area contributed by atoms with Crippen LogP contribution in [0.3, 0.4) is 0 Å². The predicted octanol–water partition coefficient (Wildman–Crippen LogP) is 21.0. The third-order valence-corrected chi connectivity index (χ3v) is 20.0. The lowest BCUT2D eigenvalue weighted by molar-refractivity contribution is 0.590. The summed E-state index contributed by atoms with van der Waals surface area (Å²) in [5.74, 6) is 0. The molecule has 2 nitrogen and oxygen atoms in total. The van der Waals surface area contributed by atoms with Gasteiger partial charge in [-0.05, 0) is 140 Å². The van der Waals surface area contributed by atoms with E-state index >= 15 is 0 Å². The van der Waals surface area contributed by atoms with Gasteiger partial charge in [-0.25, -0.2) is 0 Å². The van der Waals surface area contributed by atoms with Gasteiger partial charge in [-0.1, -0.05) is 315 Å². The summed E-state index contributed by atoms with van der Waals surface area (Å²) >= 11 is 0. The van der Waals surface area contributed by atoms with Crippen molar-refractivity contribution >= 4 is 57.2 Å². The van der Waals surface area contributed by atoms with Gasteiger partial charge in [0.25, 0.3) is 6.71 Å². The van der Waals surface area contributed by atoms with Gasteiger partial charge in [-0.3, -0.25) is 0 Å². The van der Waals surface area contributed by atoms with E-state index in [1.54, 1.807) is 0 Å². The second-order valence-corrected chi connectivity index (χ2v) is 27.1. The van der Waals surface area contributed by atoms with Crippen molar-refractivity contribution in [1.29, 1.82) is 0 Å². The zero-order chi connectivity index (χ0) is 60.6. The van der Waals surface area contributed by atoms with Crippen molar-refractivity contribution in [1.82, 2.24) is 0 Å². The number of fused-ring (bicyclic) bond motifs is 14. The van der Waals surface area contributed by atoms with Gasteiger partial charge in [-0.2, -0.15) is 0 Å². The Kier molecular flexibility index (Phi) is 12.1. The largest absolute Gasteiger partial charge is 0.310 e. The molecule has 0 saturated heterocycles. The van der Waals surface area contributed by atoms with Crippen LogP contribution in [0.15, 0.2) is 297 Å². The van der Waals surface area contributed by atoms with Crippen molar-refractivity contribution < 1.29 is 0 Å². The van der Waals surface area contributed by atoms with Gasteiger partial charge in [0.1, 0.15) is 0 Å². The molecule has 13 aromatic rings. The Morgan fingerprint density at radius 2 is 0.622 bits per heavy atom. The minimum Gasteiger partial charge on any atom is -0.310 e. The Bertz CT molecular complexity index is 4850. The highest BCUT2D eigenvalue weighted by molar-refractivity contribution is 7.00. The van der Waals surface area contributed by atoms with E-state index in [4.69, 9.17) is 0 Å². The highest BCUT2D eigenvalue weighted by atomic mass is 15.2. The highest BCUT2D eigenvalue weighted by Gasteiger charge is 2.53. The van der Waals surface area contributed by atoms with Crippen molar-refractivity contribution in [3.05, 3.63) is 331 Å². The van der Waals surface area contributed by atoms with Crippen LogP contribution in [0.5, 0.6) is 0 Å². The van der Waals surface area contributed by atoms with E-state index in [1.165, 1.54) is 111 Å². The zero-order valence-corrected chi connectivity index (χ0v) is 51.8. The van der Waals surface area contributed by atoms with E-state index in [0.717, 1.165) is 50.6 Å². The van der Waals surface area contributed by atoms with E-state index in [0.29, 0.717) is 0 Å². The quantitative estimate of drug-likeness (QED) is 0.147. The molecule has 4 aliphatic rings. The third kappa shape index (κ3) is 7.98. The summed E-state index contributed by atoms with van der Waals surface area (Å²) < 4.78 is 0. The van der Waals surface area contributed by atoms with Gasteiger partial charge >= 0.3 is 0 Å². The maximum absolute atomic E-state index is 2.72. The summed E-state index contributed by atoms with van der Waals surface area (Å²) in [4.78, 5) is 5.42. The molecule has 428 valence electrons. The normalized spacial score (nSPS) is 13.7.